The third-order valence-corrected chi connectivity index (χ3v) is 9.90. The molecule has 0 bridgehead atoms. The summed E-state index contributed by atoms with van der Waals surface area (Å²) >= 11 is 6.47. The molecule has 5 rings (SSSR count). The lowest BCUT2D eigenvalue weighted by molar-refractivity contribution is -0.147. The first-order chi connectivity index (χ1) is 20.2. The molecule has 2 aromatic rings. The number of fused-ring (bicyclic) bond motifs is 1. The van der Waals surface area contributed by atoms with Gasteiger partial charge in [-0.05, 0) is 89.0 Å². The fourth-order valence-electron chi connectivity index (χ4n) is 7.03. The van der Waals surface area contributed by atoms with E-state index < -0.39 is 0 Å². The van der Waals surface area contributed by atoms with Gasteiger partial charge in [0, 0.05) is 49.4 Å². The molecule has 1 aromatic carbocycles. The zero-order valence-corrected chi connectivity index (χ0v) is 25.9. The zero-order valence-electron chi connectivity index (χ0n) is 25.1. The van der Waals surface area contributed by atoms with Crippen LogP contribution in [0.25, 0.3) is 0 Å². The summed E-state index contributed by atoms with van der Waals surface area (Å²) < 4.78 is 4.92. The largest absolute Gasteiger partial charge is 0.469 e. The van der Waals surface area contributed by atoms with Crippen molar-refractivity contribution in [3.05, 3.63) is 52.1 Å². The van der Waals surface area contributed by atoms with E-state index in [1.807, 2.05) is 48.8 Å². The van der Waals surface area contributed by atoms with Crippen molar-refractivity contribution in [3.63, 3.8) is 0 Å². The number of halogens is 1. The van der Waals surface area contributed by atoms with Crippen molar-refractivity contribution in [3.8, 4) is 0 Å². The molecule has 2 saturated heterocycles. The molecule has 2 aliphatic heterocycles. The Morgan fingerprint density at radius 1 is 0.952 bits per heavy atom. The monoisotopic (exact) mass is 595 g/mol. The molecule has 3 fully saturated rings. The van der Waals surface area contributed by atoms with E-state index >= 15 is 0 Å². The average molecular weight is 596 g/mol. The lowest BCUT2D eigenvalue weighted by Crippen LogP contribution is -2.40. The number of carbonyl (C=O) groups excluding carboxylic acids is 3. The summed E-state index contributed by atoms with van der Waals surface area (Å²) in [6, 6.07) is 5.83. The van der Waals surface area contributed by atoms with Crippen LogP contribution in [-0.2, 0) is 14.3 Å². The molecule has 226 valence electrons. The quantitative estimate of drug-likeness (QED) is 0.416. The summed E-state index contributed by atoms with van der Waals surface area (Å²) in [7, 11) is 1.42. The maximum Gasteiger partial charge on any atom is 0.308 e. The number of hydrogen-bond donors (Lipinski definition) is 0. The molecule has 3 heterocycles. The summed E-state index contributed by atoms with van der Waals surface area (Å²) in [5.41, 5.74) is 3.91. The van der Waals surface area contributed by atoms with E-state index in [4.69, 9.17) is 16.3 Å². The van der Waals surface area contributed by atoms with Crippen LogP contribution >= 0.6 is 11.6 Å². The molecule has 2 amide bonds. The first kappa shape index (κ1) is 30.4. The van der Waals surface area contributed by atoms with Gasteiger partial charge in [0.25, 0.3) is 5.91 Å². The Labute approximate surface area is 253 Å². The van der Waals surface area contributed by atoms with Gasteiger partial charge in [-0.1, -0.05) is 17.7 Å². The Morgan fingerprint density at radius 2 is 1.57 bits per heavy atom. The summed E-state index contributed by atoms with van der Waals surface area (Å²) in [5.74, 6) is 0.666. The first-order valence-electron chi connectivity index (χ1n) is 15.1. The van der Waals surface area contributed by atoms with E-state index in [0.29, 0.717) is 54.6 Å². The number of ether oxygens (including phenoxy) is 1. The van der Waals surface area contributed by atoms with Crippen molar-refractivity contribution < 1.29 is 19.1 Å². The molecule has 2 atom stereocenters. The van der Waals surface area contributed by atoms with Crippen LogP contribution < -0.4 is 4.90 Å². The number of nitrogens with zero attached hydrogens (tertiary/aromatic N) is 5. The van der Waals surface area contributed by atoms with Gasteiger partial charge in [-0.2, -0.15) is 0 Å². The Kier molecular flexibility index (Phi) is 9.47. The summed E-state index contributed by atoms with van der Waals surface area (Å²) in [6.45, 7) is 10.6. The fourth-order valence-corrected chi connectivity index (χ4v) is 7.21. The van der Waals surface area contributed by atoms with Gasteiger partial charge < -0.3 is 19.4 Å². The van der Waals surface area contributed by atoms with Crippen molar-refractivity contribution in [2.75, 3.05) is 51.3 Å². The molecular weight excluding hydrogens is 554 g/mol. The number of benzene rings is 1. The summed E-state index contributed by atoms with van der Waals surface area (Å²) in [5, 5.41) is 0.652. The first-order valence-corrected chi connectivity index (χ1v) is 15.5. The van der Waals surface area contributed by atoms with Crippen LogP contribution in [0.4, 0.5) is 5.69 Å². The minimum absolute atomic E-state index is 0.0399. The molecule has 2 unspecified atom stereocenters. The van der Waals surface area contributed by atoms with E-state index in [2.05, 4.69) is 14.9 Å². The van der Waals surface area contributed by atoms with Crippen LogP contribution in [0.2, 0.25) is 5.02 Å². The molecular formula is C32H42ClN5O4. The summed E-state index contributed by atoms with van der Waals surface area (Å²) in [6.07, 6.45) is 5.09. The standard InChI is InChI=1S/C32H42ClN5O4/c1-20-6-11-27(14-28(20)33)38(30(39)23-7-9-24(10-8-23)32(41)42-4)13-5-12-36-15-25-17-37(18-26(25)16-36)31(40)29-21(2)34-19-35-22(29)3/h6,11,14,19,23-26H,5,7-10,12-13,15-18H2,1-4H3. The van der Waals surface area contributed by atoms with Crippen LogP contribution in [0.1, 0.15) is 59.4 Å². The number of esters is 1. The van der Waals surface area contributed by atoms with Crippen LogP contribution in [0.3, 0.4) is 0 Å². The van der Waals surface area contributed by atoms with Gasteiger partial charge in [0.05, 0.1) is 30.0 Å². The fraction of sp³-hybridized carbons (Fsp3) is 0.594. The Balaban J connectivity index is 1.17. The lowest BCUT2D eigenvalue weighted by Gasteiger charge is -2.32. The number of amides is 2. The molecule has 42 heavy (non-hydrogen) atoms. The highest BCUT2D eigenvalue weighted by Gasteiger charge is 2.42. The van der Waals surface area contributed by atoms with Gasteiger partial charge in [-0.15, -0.1) is 0 Å². The number of likely N-dealkylation sites (tertiary alicyclic amines) is 2. The molecule has 0 spiro atoms. The molecule has 3 aliphatic rings. The Hall–Kier alpha value is -3.04. The Morgan fingerprint density at radius 3 is 2.17 bits per heavy atom. The molecule has 9 nitrogen and oxygen atoms in total. The third kappa shape index (κ3) is 6.47. The van der Waals surface area contributed by atoms with E-state index in [9.17, 15) is 14.4 Å². The zero-order chi connectivity index (χ0) is 30.0. The molecule has 1 aromatic heterocycles. The van der Waals surface area contributed by atoms with E-state index in [1.165, 1.54) is 13.4 Å². The van der Waals surface area contributed by atoms with Crippen LogP contribution in [0.5, 0.6) is 0 Å². The average Bonchev–Trinajstić information content (AvgIpc) is 3.55. The number of aryl methyl sites for hydroxylation is 3. The maximum atomic E-state index is 13.8. The maximum absolute atomic E-state index is 13.8. The second kappa shape index (κ2) is 13.1. The molecule has 10 heteroatoms. The number of carbonyl (C=O) groups is 3. The van der Waals surface area contributed by atoms with Crippen molar-refractivity contribution in [1.82, 2.24) is 19.8 Å². The van der Waals surface area contributed by atoms with Crippen LogP contribution in [-0.4, -0.2) is 83.9 Å². The second-order valence-electron chi connectivity index (χ2n) is 12.3. The van der Waals surface area contributed by atoms with Gasteiger partial charge in [0.2, 0.25) is 5.91 Å². The van der Waals surface area contributed by atoms with E-state index in [1.54, 1.807) is 0 Å². The lowest BCUT2D eigenvalue weighted by atomic mass is 9.81. The predicted molar refractivity (Wildman–Crippen MR) is 161 cm³/mol. The molecule has 0 radical (unpaired) electrons. The number of rotatable bonds is 8. The number of aromatic nitrogens is 2. The normalized spacial score (nSPS) is 24.0. The predicted octanol–water partition coefficient (Wildman–Crippen LogP) is 4.46. The number of anilines is 1. The van der Waals surface area contributed by atoms with E-state index in [0.717, 1.165) is 61.8 Å². The topological polar surface area (TPSA) is 95.9 Å². The SMILES string of the molecule is COC(=O)C1CCC(C(=O)N(CCCN2CC3CN(C(=O)c4c(C)ncnc4C)CC3C2)c2ccc(C)c(Cl)c2)CC1. The van der Waals surface area contributed by atoms with Crippen molar-refractivity contribution in [2.24, 2.45) is 23.7 Å². The van der Waals surface area contributed by atoms with Gasteiger partial charge in [0.1, 0.15) is 6.33 Å². The minimum atomic E-state index is -0.176. The van der Waals surface area contributed by atoms with Crippen molar-refractivity contribution in [2.45, 2.75) is 52.9 Å². The highest BCUT2D eigenvalue weighted by Crippen LogP contribution is 2.34. The minimum Gasteiger partial charge on any atom is -0.469 e. The number of hydrogen-bond acceptors (Lipinski definition) is 7. The van der Waals surface area contributed by atoms with Gasteiger partial charge in [0.15, 0.2) is 0 Å². The van der Waals surface area contributed by atoms with Crippen molar-refractivity contribution >= 4 is 35.1 Å². The molecule has 1 aliphatic carbocycles. The smallest absolute Gasteiger partial charge is 0.308 e. The van der Waals surface area contributed by atoms with Crippen LogP contribution in [0, 0.1) is 44.4 Å². The van der Waals surface area contributed by atoms with Gasteiger partial charge in [-0.3, -0.25) is 14.4 Å². The van der Waals surface area contributed by atoms with Crippen molar-refractivity contribution in [1.29, 1.82) is 0 Å². The van der Waals surface area contributed by atoms with E-state index in [-0.39, 0.29) is 29.6 Å². The molecule has 0 N–H and O–H groups in total. The second-order valence-corrected chi connectivity index (χ2v) is 12.7. The number of methoxy groups -OCH3 is 1. The molecule has 1 saturated carbocycles. The van der Waals surface area contributed by atoms with Gasteiger partial charge in [-0.25, -0.2) is 9.97 Å². The third-order valence-electron chi connectivity index (χ3n) is 9.49. The highest BCUT2D eigenvalue weighted by atomic mass is 35.5. The Bertz CT molecular complexity index is 1290. The highest BCUT2D eigenvalue weighted by molar-refractivity contribution is 6.31. The summed E-state index contributed by atoms with van der Waals surface area (Å²) in [4.78, 5) is 53.9. The van der Waals surface area contributed by atoms with Gasteiger partial charge >= 0.3 is 5.97 Å². The van der Waals surface area contributed by atoms with Crippen LogP contribution in [0.15, 0.2) is 24.5 Å².